The highest BCUT2D eigenvalue weighted by molar-refractivity contribution is 7.88. The SMILES string of the molecule is Cc1cc(-c2cncc(CC3CCN(S(C)(=O)=O)CC3)n2)n[nH]1. The zero-order valence-electron chi connectivity index (χ0n) is 13.4. The van der Waals surface area contributed by atoms with Gasteiger partial charge in [0.2, 0.25) is 10.0 Å². The average molecular weight is 335 g/mol. The summed E-state index contributed by atoms with van der Waals surface area (Å²) in [6.07, 6.45) is 7.31. The van der Waals surface area contributed by atoms with Crippen LogP contribution in [0.1, 0.15) is 24.2 Å². The van der Waals surface area contributed by atoms with Crippen molar-refractivity contribution in [2.24, 2.45) is 5.92 Å². The third-order valence-electron chi connectivity index (χ3n) is 4.19. The van der Waals surface area contributed by atoms with Crippen LogP contribution in [0.5, 0.6) is 0 Å². The van der Waals surface area contributed by atoms with Gasteiger partial charge in [-0.2, -0.15) is 5.10 Å². The van der Waals surface area contributed by atoms with Crippen molar-refractivity contribution in [3.63, 3.8) is 0 Å². The van der Waals surface area contributed by atoms with Gasteiger partial charge in [0.05, 0.1) is 18.1 Å². The summed E-state index contributed by atoms with van der Waals surface area (Å²) < 4.78 is 24.7. The molecule has 1 N–H and O–H groups in total. The number of hydrogen-bond acceptors (Lipinski definition) is 5. The first-order valence-electron chi connectivity index (χ1n) is 7.70. The van der Waals surface area contributed by atoms with Gasteiger partial charge in [0.25, 0.3) is 0 Å². The molecule has 8 heteroatoms. The first-order valence-corrected chi connectivity index (χ1v) is 9.55. The van der Waals surface area contributed by atoms with E-state index < -0.39 is 10.0 Å². The summed E-state index contributed by atoms with van der Waals surface area (Å²) in [5.74, 6) is 0.443. The fourth-order valence-electron chi connectivity index (χ4n) is 2.92. The Balaban J connectivity index is 1.65. The van der Waals surface area contributed by atoms with Crippen LogP contribution < -0.4 is 0 Å². The average Bonchev–Trinajstić information content (AvgIpc) is 2.94. The molecule has 3 rings (SSSR count). The van der Waals surface area contributed by atoms with Crippen LogP contribution in [0.2, 0.25) is 0 Å². The van der Waals surface area contributed by atoms with Gasteiger partial charge in [-0.15, -0.1) is 0 Å². The highest BCUT2D eigenvalue weighted by Crippen LogP contribution is 2.23. The zero-order valence-corrected chi connectivity index (χ0v) is 14.2. The Bertz CT molecular complexity index is 779. The fourth-order valence-corrected chi connectivity index (χ4v) is 3.79. The normalized spacial score (nSPS) is 17.5. The van der Waals surface area contributed by atoms with E-state index in [0.717, 1.165) is 42.0 Å². The monoisotopic (exact) mass is 335 g/mol. The second-order valence-corrected chi connectivity index (χ2v) is 8.12. The lowest BCUT2D eigenvalue weighted by molar-refractivity contribution is 0.273. The molecule has 1 aliphatic heterocycles. The van der Waals surface area contributed by atoms with Crippen molar-refractivity contribution in [3.05, 3.63) is 29.8 Å². The number of hydrogen-bond donors (Lipinski definition) is 1. The van der Waals surface area contributed by atoms with E-state index in [1.54, 1.807) is 16.7 Å². The smallest absolute Gasteiger partial charge is 0.211 e. The molecule has 124 valence electrons. The molecule has 1 fully saturated rings. The minimum atomic E-state index is -3.07. The summed E-state index contributed by atoms with van der Waals surface area (Å²) in [4.78, 5) is 8.91. The molecule has 1 saturated heterocycles. The third-order valence-corrected chi connectivity index (χ3v) is 5.50. The van der Waals surface area contributed by atoms with E-state index in [-0.39, 0.29) is 0 Å². The van der Waals surface area contributed by atoms with Gasteiger partial charge in [0.1, 0.15) is 11.4 Å². The van der Waals surface area contributed by atoms with Crippen molar-refractivity contribution in [1.29, 1.82) is 0 Å². The van der Waals surface area contributed by atoms with Crippen LogP contribution in [0.25, 0.3) is 11.4 Å². The van der Waals surface area contributed by atoms with Crippen LogP contribution in [0.15, 0.2) is 18.5 Å². The number of sulfonamides is 1. The van der Waals surface area contributed by atoms with Gasteiger partial charge in [-0.1, -0.05) is 0 Å². The Kier molecular flexibility index (Phi) is 4.45. The number of H-pyrrole nitrogens is 1. The molecule has 0 aromatic carbocycles. The lowest BCUT2D eigenvalue weighted by Crippen LogP contribution is -2.38. The topological polar surface area (TPSA) is 91.8 Å². The molecule has 2 aromatic heterocycles. The Hall–Kier alpha value is -1.80. The van der Waals surface area contributed by atoms with Gasteiger partial charge in [-0.25, -0.2) is 17.7 Å². The van der Waals surface area contributed by atoms with Gasteiger partial charge in [0, 0.05) is 25.0 Å². The number of rotatable bonds is 4. The molecule has 0 spiro atoms. The summed E-state index contributed by atoms with van der Waals surface area (Å²) in [5, 5.41) is 7.12. The molecular formula is C15H21N5O2S. The maximum absolute atomic E-state index is 11.5. The second kappa shape index (κ2) is 6.37. The number of piperidine rings is 1. The molecule has 2 aromatic rings. The molecule has 0 atom stereocenters. The van der Waals surface area contributed by atoms with E-state index in [4.69, 9.17) is 0 Å². The van der Waals surface area contributed by atoms with Crippen LogP contribution in [-0.4, -0.2) is 52.2 Å². The summed E-state index contributed by atoms with van der Waals surface area (Å²) in [6.45, 7) is 3.13. The van der Waals surface area contributed by atoms with Gasteiger partial charge in [0.15, 0.2) is 0 Å². The Morgan fingerprint density at radius 1 is 1.26 bits per heavy atom. The minimum absolute atomic E-state index is 0.443. The highest BCUT2D eigenvalue weighted by Gasteiger charge is 2.25. The van der Waals surface area contributed by atoms with E-state index >= 15 is 0 Å². The Labute approximate surface area is 136 Å². The maximum atomic E-state index is 11.5. The molecule has 0 unspecified atom stereocenters. The Morgan fingerprint density at radius 3 is 2.61 bits per heavy atom. The zero-order chi connectivity index (χ0) is 16.4. The van der Waals surface area contributed by atoms with Crippen LogP contribution in [0, 0.1) is 12.8 Å². The van der Waals surface area contributed by atoms with E-state index in [2.05, 4.69) is 20.2 Å². The largest absolute Gasteiger partial charge is 0.282 e. The van der Waals surface area contributed by atoms with E-state index in [1.165, 1.54) is 6.26 Å². The maximum Gasteiger partial charge on any atom is 0.211 e. The first-order chi connectivity index (χ1) is 10.9. The summed E-state index contributed by atoms with van der Waals surface area (Å²) >= 11 is 0. The van der Waals surface area contributed by atoms with Crippen molar-refractivity contribution in [3.8, 4) is 11.4 Å². The lowest BCUT2D eigenvalue weighted by atomic mass is 9.93. The number of aryl methyl sites for hydroxylation is 1. The van der Waals surface area contributed by atoms with Crippen molar-refractivity contribution in [2.75, 3.05) is 19.3 Å². The summed E-state index contributed by atoms with van der Waals surface area (Å²) in [7, 11) is -3.07. The number of aromatic amines is 1. The molecule has 0 aliphatic carbocycles. The molecule has 0 amide bonds. The predicted octanol–water partition coefficient (Wildman–Crippen LogP) is 1.39. The predicted molar refractivity (Wildman–Crippen MR) is 87.2 cm³/mol. The minimum Gasteiger partial charge on any atom is -0.282 e. The number of aromatic nitrogens is 4. The molecule has 1 aliphatic rings. The quantitative estimate of drug-likeness (QED) is 0.911. The second-order valence-electron chi connectivity index (χ2n) is 6.14. The van der Waals surface area contributed by atoms with E-state index in [0.29, 0.717) is 19.0 Å². The van der Waals surface area contributed by atoms with Crippen molar-refractivity contribution in [2.45, 2.75) is 26.2 Å². The molecule has 0 saturated carbocycles. The Morgan fingerprint density at radius 2 is 2.00 bits per heavy atom. The van der Waals surface area contributed by atoms with Crippen LogP contribution in [0.3, 0.4) is 0 Å². The molecule has 23 heavy (non-hydrogen) atoms. The van der Waals surface area contributed by atoms with Crippen LogP contribution in [0.4, 0.5) is 0 Å². The van der Waals surface area contributed by atoms with Crippen molar-refractivity contribution >= 4 is 10.0 Å². The fraction of sp³-hybridized carbons (Fsp3) is 0.533. The first kappa shape index (κ1) is 16.1. The van der Waals surface area contributed by atoms with Gasteiger partial charge >= 0.3 is 0 Å². The molecule has 7 nitrogen and oxygen atoms in total. The summed E-state index contributed by atoms with van der Waals surface area (Å²) in [6, 6.07) is 1.94. The standard InChI is InChI=1S/C15H21N5O2S/c1-11-7-14(19-18-11)15-10-16-9-13(17-15)8-12-3-5-20(6-4-12)23(2,21)22/h7,9-10,12H,3-6,8H2,1-2H3,(H,18,19). The molecule has 0 bridgehead atoms. The highest BCUT2D eigenvalue weighted by atomic mass is 32.2. The van der Waals surface area contributed by atoms with Crippen molar-refractivity contribution < 1.29 is 8.42 Å². The number of nitrogens with one attached hydrogen (secondary N) is 1. The van der Waals surface area contributed by atoms with Gasteiger partial charge < -0.3 is 0 Å². The molecule has 0 radical (unpaired) electrons. The molecule has 3 heterocycles. The van der Waals surface area contributed by atoms with Crippen molar-refractivity contribution in [1.82, 2.24) is 24.5 Å². The lowest BCUT2D eigenvalue weighted by Gasteiger charge is -2.29. The third kappa shape index (κ3) is 3.94. The van der Waals surface area contributed by atoms with Gasteiger partial charge in [-0.3, -0.25) is 10.1 Å². The number of nitrogens with zero attached hydrogens (tertiary/aromatic N) is 4. The summed E-state index contributed by atoms with van der Waals surface area (Å²) in [5.41, 5.74) is 3.48. The van der Waals surface area contributed by atoms with Crippen LogP contribution in [-0.2, 0) is 16.4 Å². The van der Waals surface area contributed by atoms with Crippen LogP contribution >= 0.6 is 0 Å². The van der Waals surface area contributed by atoms with E-state index in [1.807, 2.05) is 13.0 Å². The van der Waals surface area contributed by atoms with E-state index in [9.17, 15) is 8.42 Å². The van der Waals surface area contributed by atoms with Gasteiger partial charge in [-0.05, 0) is 38.2 Å². The molecular weight excluding hydrogens is 314 g/mol.